The van der Waals surface area contributed by atoms with E-state index >= 15 is 0 Å². The predicted octanol–water partition coefficient (Wildman–Crippen LogP) is 2.77. The van der Waals surface area contributed by atoms with Crippen molar-refractivity contribution < 1.29 is 4.79 Å². The van der Waals surface area contributed by atoms with Crippen molar-refractivity contribution in [3.05, 3.63) is 48.0 Å². The Hall–Kier alpha value is -1.87. The average Bonchev–Trinajstić information content (AvgIpc) is 3.28. The molecule has 0 radical (unpaired) electrons. The van der Waals surface area contributed by atoms with E-state index in [1.165, 1.54) is 29.2 Å². The summed E-state index contributed by atoms with van der Waals surface area (Å²) >= 11 is 0. The summed E-state index contributed by atoms with van der Waals surface area (Å²) in [6, 6.07) is 15.1. The van der Waals surface area contributed by atoms with Gasteiger partial charge in [0.1, 0.15) is 0 Å². The number of carbonyl (C=O) groups excluding carboxylic acids is 1. The Morgan fingerprint density at radius 1 is 1.20 bits per heavy atom. The van der Waals surface area contributed by atoms with Gasteiger partial charge in [-0.05, 0) is 36.1 Å². The van der Waals surface area contributed by atoms with Crippen LogP contribution in [0.15, 0.2) is 42.5 Å². The third-order valence-electron chi connectivity index (χ3n) is 3.80. The standard InChI is InChI=1S/C17H20N2O/c1-12(19-17(20)11-18-14-9-10-14)15-8-4-6-13-5-2-3-7-16(13)15/h2-8,12,14,18H,9-11H2,1H3,(H,19,20). The smallest absolute Gasteiger partial charge is 0.234 e. The van der Waals surface area contributed by atoms with E-state index in [-0.39, 0.29) is 11.9 Å². The van der Waals surface area contributed by atoms with Crippen LogP contribution in [0.4, 0.5) is 0 Å². The summed E-state index contributed by atoms with van der Waals surface area (Å²) in [5.41, 5.74) is 1.17. The van der Waals surface area contributed by atoms with Gasteiger partial charge < -0.3 is 10.6 Å². The van der Waals surface area contributed by atoms with Crippen LogP contribution in [0.3, 0.4) is 0 Å². The minimum Gasteiger partial charge on any atom is -0.348 e. The maximum Gasteiger partial charge on any atom is 0.234 e. The number of carbonyl (C=O) groups is 1. The molecule has 1 unspecified atom stereocenters. The zero-order valence-corrected chi connectivity index (χ0v) is 11.7. The normalized spacial score (nSPS) is 16.1. The number of hydrogen-bond donors (Lipinski definition) is 2. The molecule has 3 heteroatoms. The second-order valence-electron chi connectivity index (χ2n) is 5.51. The molecule has 3 rings (SSSR count). The molecule has 2 aromatic rings. The quantitative estimate of drug-likeness (QED) is 0.875. The van der Waals surface area contributed by atoms with E-state index in [9.17, 15) is 4.79 Å². The summed E-state index contributed by atoms with van der Waals surface area (Å²) in [4.78, 5) is 11.9. The third-order valence-corrected chi connectivity index (χ3v) is 3.80. The van der Waals surface area contributed by atoms with Gasteiger partial charge in [-0.3, -0.25) is 4.79 Å². The first-order chi connectivity index (χ1) is 9.74. The predicted molar refractivity (Wildman–Crippen MR) is 81.5 cm³/mol. The van der Waals surface area contributed by atoms with E-state index in [0.29, 0.717) is 12.6 Å². The van der Waals surface area contributed by atoms with Gasteiger partial charge in [0, 0.05) is 6.04 Å². The van der Waals surface area contributed by atoms with Gasteiger partial charge in [0.15, 0.2) is 0 Å². The van der Waals surface area contributed by atoms with E-state index < -0.39 is 0 Å². The molecule has 2 N–H and O–H groups in total. The Kier molecular flexibility index (Phi) is 3.70. The van der Waals surface area contributed by atoms with Gasteiger partial charge in [-0.2, -0.15) is 0 Å². The lowest BCUT2D eigenvalue weighted by molar-refractivity contribution is -0.120. The van der Waals surface area contributed by atoms with Gasteiger partial charge >= 0.3 is 0 Å². The molecule has 0 heterocycles. The van der Waals surface area contributed by atoms with Crippen LogP contribution < -0.4 is 10.6 Å². The molecule has 20 heavy (non-hydrogen) atoms. The fourth-order valence-corrected chi connectivity index (χ4v) is 2.52. The summed E-state index contributed by atoms with van der Waals surface area (Å²) in [6.45, 7) is 2.45. The van der Waals surface area contributed by atoms with Crippen LogP contribution >= 0.6 is 0 Å². The molecule has 0 bridgehead atoms. The van der Waals surface area contributed by atoms with E-state index in [4.69, 9.17) is 0 Å². The Morgan fingerprint density at radius 2 is 1.95 bits per heavy atom. The molecule has 104 valence electrons. The van der Waals surface area contributed by atoms with Gasteiger partial charge in [-0.25, -0.2) is 0 Å². The molecule has 0 spiro atoms. The molecule has 0 aliphatic heterocycles. The first-order valence-electron chi connectivity index (χ1n) is 7.24. The highest BCUT2D eigenvalue weighted by Gasteiger charge is 2.21. The van der Waals surface area contributed by atoms with Crippen molar-refractivity contribution >= 4 is 16.7 Å². The molecular formula is C17H20N2O. The minimum absolute atomic E-state index is 0.0228. The van der Waals surface area contributed by atoms with Crippen molar-refractivity contribution in [2.24, 2.45) is 0 Å². The SMILES string of the molecule is CC(NC(=O)CNC1CC1)c1cccc2ccccc12. The zero-order valence-electron chi connectivity index (χ0n) is 11.7. The Bertz CT molecular complexity index is 614. The van der Waals surface area contributed by atoms with Gasteiger partial charge in [0.2, 0.25) is 5.91 Å². The van der Waals surface area contributed by atoms with Crippen molar-refractivity contribution in [2.75, 3.05) is 6.54 Å². The third kappa shape index (κ3) is 2.99. The van der Waals surface area contributed by atoms with Gasteiger partial charge in [-0.15, -0.1) is 0 Å². The number of fused-ring (bicyclic) bond motifs is 1. The van der Waals surface area contributed by atoms with Gasteiger partial charge in [0.05, 0.1) is 12.6 Å². The van der Waals surface area contributed by atoms with Crippen LogP contribution in [0.25, 0.3) is 10.8 Å². The van der Waals surface area contributed by atoms with Crippen molar-refractivity contribution in [2.45, 2.75) is 31.8 Å². The van der Waals surface area contributed by atoms with Crippen LogP contribution in [0.5, 0.6) is 0 Å². The maximum atomic E-state index is 11.9. The van der Waals surface area contributed by atoms with Crippen molar-refractivity contribution in [1.82, 2.24) is 10.6 Å². The molecule has 0 aromatic heterocycles. The molecule has 1 aliphatic carbocycles. The van der Waals surface area contributed by atoms with Gasteiger partial charge in [-0.1, -0.05) is 42.5 Å². The molecule has 1 fully saturated rings. The fraction of sp³-hybridized carbons (Fsp3) is 0.353. The average molecular weight is 268 g/mol. The Morgan fingerprint density at radius 3 is 2.75 bits per heavy atom. The summed E-state index contributed by atoms with van der Waals surface area (Å²) in [5.74, 6) is 0.0670. The zero-order chi connectivity index (χ0) is 13.9. The molecule has 0 saturated heterocycles. The first kappa shape index (κ1) is 13.1. The van der Waals surface area contributed by atoms with Crippen molar-refractivity contribution in [3.63, 3.8) is 0 Å². The van der Waals surface area contributed by atoms with Crippen LogP contribution in [0, 0.1) is 0 Å². The lowest BCUT2D eigenvalue weighted by Crippen LogP contribution is -2.36. The molecule has 1 amide bonds. The molecule has 3 nitrogen and oxygen atoms in total. The Labute approximate surface area is 119 Å². The summed E-state index contributed by atoms with van der Waals surface area (Å²) < 4.78 is 0. The topological polar surface area (TPSA) is 41.1 Å². The van der Waals surface area contributed by atoms with Crippen LogP contribution in [-0.4, -0.2) is 18.5 Å². The van der Waals surface area contributed by atoms with E-state index in [1.54, 1.807) is 0 Å². The highest BCUT2D eigenvalue weighted by Crippen LogP contribution is 2.24. The van der Waals surface area contributed by atoms with Crippen LogP contribution in [0.2, 0.25) is 0 Å². The van der Waals surface area contributed by atoms with Gasteiger partial charge in [0.25, 0.3) is 0 Å². The number of nitrogens with one attached hydrogen (secondary N) is 2. The second kappa shape index (κ2) is 5.63. The monoisotopic (exact) mass is 268 g/mol. The lowest BCUT2D eigenvalue weighted by Gasteiger charge is -2.17. The van der Waals surface area contributed by atoms with Crippen LogP contribution in [-0.2, 0) is 4.79 Å². The van der Waals surface area contributed by atoms with Crippen molar-refractivity contribution in [1.29, 1.82) is 0 Å². The highest BCUT2D eigenvalue weighted by molar-refractivity contribution is 5.87. The minimum atomic E-state index is 0.0228. The molecular weight excluding hydrogens is 248 g/mol. The molecule has 1 aliphatic rings. The first-order valence-corrected chi connectivity index (χ1v) is 7.24. The van der Waals surface area contributed by atoms with E-state index in [2.05, 4.69) is 34.9 Å². The lowest BCUT2D eigenvalue weighted by atomic mass is 10.00. The van der Waals surface area contributed by atoms with Crippen molar-refractivity contribution in [3.8, 4) is 0 Å². The summed E-state index contributed by atoms with van der Waals surface area (Å²) in [5, 5.41) is 8.73. The molecule has 1 saturated carbocycles. The number of rotatable bonds is 5. The Balaban J connectivity index is 1.71. The number of hydrogen-bond acceptors (Lipinski definition) is 2. The van der Waals surface area contributed by atoms with E-state index in [1.807, 2.05) is 25.1 Å². The summed E-state index contributed by atoms with van der Waals surface area (Å²) in [6.07, 6.45) is 2.40. The van der Waals surface area contributed by atoms with E-state index in [0.717, 1.165) is 0 Å². The fourth-order valence-electron chi connectivity index (χ4n) is 2.52. The van der Waals surface area contributed by atoms with Crippen LogP contribution in [0.1, 0.15) is 31.4 Å². The maximum absolute atomic E-state index is 11.9. The molecule has 2 aromatic carbocycles. The molecule has 1 atom stereocenters. The number of benzene rings is 2. The largest absolute Gasteiger partial charge is 0.348 e. The second-order valence-corrected chi connectivity index (χ2v) is 5.51. The summed E-state index contributed by atoms with van der Waals surface area (Å²) in [7, 11) is 0. The highest BCUT2D eigenvalue weighted by atomic mass is 16.1. The number of amides is 1.